The molecule has 1 heterocycles. The van der Waals surface area contributed by atoms with Gasteiger partial charge < -0.3 is 0 Å². The van der Waals surface area contributed by atoms with E-state index in [2.05, 4.69) is 38.1 Å². The summed E-state index contributed by atoms with van der Waals surface area (Å²) in [4.78, 5) is 0. The Bertz CT molecular complexity index is 556. The van der Waals surface area contributed by atoms with Crippen molar-refractivity contribution >= 4 is 27.0 Å². The third-order valence-electron chi connectivity index (χ3n) is 3.58. The monoisotopic (exact) mass is 388 g/mol. The Morgan fingerprint density at radius 1 is 1.23 bits per heavy atom. The van der Waals surface area contributed by atoms with Gasteiger partial charge in [-0.2, -0.15) is 0 Å². The first-order valence-electron chi connectivity index (χ1n) is 8.04. The van der Waals surface area contributed by atoms with E-state index in [1.165, 1.54) is 8.93 Å². The van der Waals surface area contributed by atoms with E-state index in [1.54, 1.807) is 0 Å². The van der Waals surface area contributed by atoms with E-state index in [4.69, 9.17) is 9.05 Å². The van der Waals surface area contributed by atoms with Gasteiger partial charge in [-0.15, -0.1) is 0 Å². The van der Waals surface area contributed by atoms with Crippen LogP contribution in [0, 0.1) is 0 Å². The summed E-state index contributed by atoms with van der Waals surface area (Å²) in [5, 5.41) is 0.965. The van der Waals surface area contributed by atoms with Crippen LogP contribution in [0.2, 0.25) is 0 Å². The van der Waals surface area contributed by atoms with Crippen LogP contribution in [-0.2, 0) is 13.6 Å². The van der Waals surface area contributed by atoms with E-state index in [0.717, 1.165) is 31.0 Å². The second-order valence-electron chi connectivity index (χ2n) is 5.25. The molecule has 3 nitrogen and oxygen atoms in total. The molecule has 2 atom stereocenters. The molecule has 122 valence electrons. The van der Waals surface area contributed by atoms with E-state index in [1.807, 2.05) is 13.0 Å². The first kappa shape index (κ1) is 18.0. The molecule has 1 aliphatic heterocycles. The molecule has 0 aromatic heterocycles. The molecule has 0 saturated carbocycles. The van der Waals surface area contributed by atoms with Gasteiger partial charge >= 0.3 is 140 Å². The predicted molar refractivity (Wildman–Crippen MR) is 92.8 cm³/mol. The number of rotatable bonds is 8. The molecule has 2 rings (SSSR count). The average Bonchev–Trinajstić information content (AvgIpc) is 2.78. The zero-order valence-corrected chi connectivity index (χ0v) is 16.2. The normalized spacial score (nSPS) is 25.0. The molecule has 0 amide bonds. The van der Waals surface area contributed by atoms with Gasteiger partial charge in [0.25, 0.3) is 0 Å². The number of hydrogen-bond donors (Lipinski definition) is 0. The fraction of sp³-hybridized carbons (Fsp3) is 0.529. The van der Waals surface area contributed by atoms with E-state index in [9.17, 15) is 4.57 Å². The van der Waals surface area contributed by atoms with Crippen LogP contribution in [0.25, 0.3) is 0 Å². The summed E-state index contributed by atoms with van der Waals surface area (Å²) in [5.41, 5.74) is 0. The minimum absolute atomic E-state index is 0.0514. The average molecular weight is 387 g/mol. The Morgan fingerprint density at radius 3 is 2.55 bits per heavy atom. The predicted octanol–water partition coefficient (Wildman–Crippen LogP) is 4.46. The molecular formula is C17H25O3PSe. The van der Waals surface area contributed by atoms with Crippen LogP contribution < -0.4 is 4.46 Å². The molecule has 0 spiro atoms. The van der Waals surface area contributed by atoms with Crippen LogP contribution in [0.3, 0.4) is 0 Å². The molecule has 2 unspecified atom stereocenters. The molecule has 1 aromatic rings. The summed E-state index contributed by atoms with van der Waals surface area (Å²) >= 11 is 0.147. The Morgan fingerprint density at radius 2 is 1.95 bits per heavy atom. The van der Waals surface area contributed by atoms with E-state index in [-0.39, 0.29) is 21.1 Å². The Kier molecular flexibility index (Phi) is 6.92. The standard InChI is InChI=1S/C17H25O3PSe/c1-4-7-13-16-17(22-14-11-9-8-10-12-14)15(5-2)20-21(16,18)19-6-3/h8-12,15H,4-7,13H2,1-3H3. The van der Waals surface area contributed by atoms with E-state index >= 15 is 0 Å². The molecule has 5 heteroatoms. The van der Waals surface area contributed by atoms with E-state index in [0.29, 0.717) is 6.61 Å². The summed E-state index contributed by atoms with van der Waals surface area (Å²) in [7, 11) is -3.08. The van der Waals surface area contributed by atoms with Gasteiger partial charge in [-0.05, 0) is 0 Å². The second-order valence-corrected chi connectivity index (χ2v) is 9.59. The van der Waals surface area contributed by atoms with Crippen molar-refractivity contribution in [1.82, 2.24) is 0 Å². The molecule has 1 aromatic carbocycles. The quantitative estimate of drug-likeness (QED) is 0.488. The van der Waals surface area contributed by atoms with Gasteiger partial charge in [0.2, 0.25) is 0 Å². The van der Waals surface area contributed by atoms with Crippen LogP contribution in [0.4, 0.5) is 0 Å². The molecule has 0 radical (unpaired) electrons. The third kappa shape index (κ3) is 4.13. The first-order chi connectivity index (χ1) is 10.6. The molecule has 0 N–H and O–H groups in total. The first-order valence-corrected chi connectivity index (χ1v) is 11.3. The summed E-state index contributed by atoms with van der Waals surface area (Å²) < 4.78 is 27.2. The third-order valence-corrected chi connectivity index (χ3v) is 8.77. The van der Waals surface area contributed by atoms with Crippen molar-refractivity contribution in [2.75, 3.05) is 6.61 Å². The van der Waals surface area contributed by atoms with Crippen LogP contribution in [-0.4, -0.2) is 27.7 Å². The topological polar surface area (TPSA) is 35.5 Å². The van der Waals surface area contributed by atoms with Gasteiger partial charge in [0.1, 0.15) is 0 Å². The summed E-state index contributed by atoms with van der Waals surface area (Å²) in [6.45, 7) is 6.54. The van der Waals surface area contributed by atoms with Gasteiger partial charge in [-0.1, -0.05) is 0 Å². The van der Waals surface area contributed by atoms with Crippen LogP contribution >= 0.6 is 7.60 Å². The Labute approximate surface area is 140 Å². The van der Waals surface area contributed by atoms with Crippen molar-refractivity contribution in [3.8, 4) is 0 Å². The Balaban J connectivity index is 2.36. The second kappa shape index (κ2) is 8.47. The van der Waals surface area contributed by atoms with E-state index < -0.39 is 7.60 Å². The molecule has 0 bridgehead atoms. The summed E-state index contributed by atoms with van der Waals surface area (Å²) in [6, 6.07) is 10.4. The summed E-state index contributed by atoms with van der Waals surface area (Å²) in [6.07, 6.45) is 3.73. The van der Waals surface area contributed by atoms with Gasteiger partial charge in [0, 0.05) is 0 Å². The van der Waals surface area contributed by atoms with Crippen molar-refractivity contribution < 1.29 is 13.6 Å². The van der Waals surface area contributed by atoms with Crippen LogP contribution in [0.1, 0.15) is 46.5 Å². The van der Waals surface area contributed by atoms with Crippen molar-refractivity contribution in [1.29, 1.82) is 0 Å². The zero-order chi connectivity index (χ0) is 16.0. The molecular weight excluding hydrogens is 362 g/mol. The van der Waals surface area contributed by atoms with Crippen LogP contribution in [0.5, 0.6) is 0 Å². The van der Waals surface area contributed by atoms with Crippen LogP contribution in [0.15, 0.2) is 40.1 Å². The fourth-order valence-corrected chi connectivity index (χ4v) is 8.04. The number of allylic oxidation sites excluding steroid dienone is 1. The molecule has 22 heavy (non-hydrogen) atoms. The zero-order valence-electron chi connectivity index (χ0n) is 13.6. The van der Waals surface area contributed by atoms with Crippen molar-refractivity contribution in [3.05, 3.63) is 40.1 Å². The van der Waals surface area contributed by atoms with Crippen molar-refractivity contribution in [2.45, 2.75) is 52.6 Å². The molecule has 0 saturated heterocycles. The summed E-state index contributed by atoms with van der Waals surface area (Å²) in [5.74, 6) is 0. The maximum atomic E-state index is 13.1. The number of unbranched alkanes of at least 4 members (excludes halogenated alkanes) is 1. The minimum atomic E-state index is -3.08. The maximum absolute atomic E-state index is 13.1. The fourth-order valence-electron chi connectivity index (χ4n) is 2.48. The van der Waals surface area contributed by atoms with Gasteiger partial charge in [-0.3, -0.25) is 0 Å². The van der Waals surface area contributed by atoms with Crippen molar-refractivity contribution in [2.24, 2.45) is 0 Å². The van der Waals surface area contributed by atoms with Gasteiger partial charge in [-0.25, -0.2) is 0 Å². The SMILES string of the molecule is CCCCC1=C([Se]c2ccccc2)C(CC)OP1(=O)OCC. The number of benzene rings is 1. The molecule has 1 aliphatic rings. The van der Waals surface area contributed by atoms with Gasteiger partial charge in [0.05, 0.1) is 0 Å². The van der Waals surface area contributed by atoms with Crippen molar-refractivity contribution in [3.63, 3.8) is 0 Å². The Hall–Kier alpha value is -0.371. The van der Waals surface area contributed by atoms with Gasteiger partial charge in [0.15, 0.2) is 0 Å². The molecule has 0 fully saturated rings. The number of hydrogen-bond acceptors (Lipinski definition) is 3. The molecule has 0 aliphatic carbocycles.